The number of halogens is 3. The van der Waals surface area contributed by atoms with E-state index in [0.717, 1.165) is 24.5 Å². The third kappa shape index (κ3) is 4.05. The lowest BCUT2D eigenvalue weighted by molar-refractivity contribution is -0.274. The molecule has 3 rings (SSSR count). The fourth-order valence-corrected chi connectivity index (χ4v) is 2.51. The van der Waals surface area contributed by atoms with Gasteiger partial charge in [0.25, 0.3) is 0 Å². The van der Waals surface area contributed by atoms with Crippen LogP contribution >= 0.6 is 0 Å². The molecule has 0 bridgehead atoms. The second-order valence-electron chi connectivity index (χ2n) is 5.71. The average molecular weight is 365 g/mol. The second kappa shape index (κ2) is 7.20. The first-order valence-electron chi connectivity index (χ1n) is 7.94. The van der Waals surface area contributed by atoms with Gasteiger partial charge in [0, 0.05) is 31.9 Å². The van der Waals surface area contributed by atoms with Crippen LogP contribution in [0.5, 0.6) is 5.75 Å². The van der Waals surface area contributed by atoms with Gasteiger partial charge in [-0.3, -0.25) is 0 Å². The highest BCUT2D eigenvalue weighted by atomic mass is 19.4. The molecule has 0 amide bonds. The molecule has 0 atom stereocenters. The molecular formula is C17H18F3N5O. The van der Waals surface area contributed by atoms with E-state index in [2.05, 4.69) is 20.1 Å². The molecular weight excluding hydrogens is 347 g/mol. The van der Waals surface area contributed by atoms with E-state index >= 15 is 0 Å². The van der Waals surface area contributed by atoms with E-state index in [0.29, 0.717) is 11.2 Å². The number of ether oxygens (including phenoxy) is 1. The molecule has 9 heteroatoms. The molecule has 0 saturated heterocycles. The Morgan fingerprint density at radius 1 is 1.19 bits per heavy atom. The number of rotatable bonds is 6. The van der Waals surface area contributed by atoms with Crippen molar-refractivity contribution in [1.82, 2.24) is 19.9 Å². The van der Waals surface area contributed by atoms with Crippen molar-refractivity contribution in [2.75, 3.05) is 32.1 Å². The Morgan fingerprint density at radius 2 is 1.92 bits per heavy atom. The molecule has 1 N–H and O–H groups in total. The van der Waals surface area contributed by atoms with Crippen LogP contribution in [0.25, 0.3) is 16.8 Å². The van der Waals surface area contributed by atoms with Crippen LogP contribution in [0.1, 0.15) is 0 Å². The lowest BCUT2D eigenvalue weighted by atomic mass is 10.1. The summed E-state index contributed by atoms with van der Waals surface area (Å²) in [5.74, 6) is 0.518. The van der Waals surface area contributed by atoms with Gasteiger partial charge in [-0.15, -0.1) is 13.2 Å². The zero-order chi connectivity index (χ0) is 18.7. The fourth-order valence-electron chi connectivity index (χ4n) is 2.51. The molecule has 6 nitrogen and oxygen atoms in total. The quantitative estimate of drug-likeness (QED) is 0.728. The van der Waals surface area contributed by atoms with Crippen molar-refractivity contribution in [3.8, 4) is 16.9 Å². The molecule has 0 fully saturated rings. The van der Waals surface area contributed by atoms with E-state index in [1.807, 2.05) is 25.1 Å². The van der Waals surface area contributed by atoms with E-state index in [1.54, 1.807) is 29.0 Å². The molecule has 0 radical (unpaired) electrons. The van der Waals surface area contributed by atoms with Crippen LogP contribution in [-0.2, 0) is 0 Å². The number of alkyl halides is 3. The third-order valence-corrected chi connectivity index (χ3v) is 3.84. The summed E-state index contributed by atoms with van der Waals surface area (Å²) in [6.45, 7) is 1.60. The van der Waals surface area contributed by atoms with Gasteiger partial charge >= 0.3 is 6.36 Å². The molecule has 2 aromatic heterocycles. The number of aromatic nitrogens is 3. The summed E-state index contributed by atoms with van der Waals surface area (Å²) in [4.78, 5) is 6.64. The Bertz CT molecular complexity index is 876. The zero-order valence-electron chi connectivity index (χ0n) is 14.3. The van der Waals surface area contributed by atoms with Crippen molar-refractivity contribution in [2.24, 2.45) is 0 Å². The molecule has 0 aliphatic carbocycles. The number of benzene rings is 1. The topological polar surface area (TPSA) is 54.7 Å². The van der Waals surface area contributed by atoms with Gasteiger partial charge in [-0.25, -0.2) is 9.50 Å². The maximum Gasteiger partial charge on any atom is 0.573 e. The Balaban J connectivity index is 1.90. The summed E-state index contributed by atoms with van der Waals surface area (Å²) < 4.78 is 42.4. The lowest BCUT2D eigenvalue weighted by Crippen LogP contribution is -2.27. The summed E-state index contributed by atoms with van der Waals surface area (Å²) in [5.41, 5.74) is 2.06. The molecule has 0 saturated carbocycles. The zero-order valence-corrected chi connectivity index (χ0v) is 14.3. The predicted octanol–water partition coefficient (Wildman–Crippen LogP) is 2.95. The van der Waals surface area contributed by atoms with Crippen LogP contribution in [-0.4, -0.2) is 48.1 Å². The Hall–Kier alpha value is -2.81. The highest BCUT2D eigenvalue weighted by Gasteiger charge is 2.31. The molecule has 0 aliphatic rings. The number of likely N-dealkylation sites (N-methyl/N-ethyl adjacent to an activating group) is 2. The van der Waals surface area contributed by atoms with Crippen LogP contribution in [0.4, 0.5) is 19.0 Å². The fraction of sp³-hybridized carbons (Fsp3) is 0.294. The van der Waals surface area contributed by atoms with Gasteiger partial charge in [-0.1, -0.05) is 12.1 Å². The van der Waals surface area contributed by atoms with Crippen LogP contribution < -0.4 is 15.0 Å². The minimum Gasteiger partial charge on any atom is -0.406 e. The van der Waals surface area contributed by atoms with E-state index < -0.39 is 6.36 Å². The number of anilines is 1. The first-order chi connectivity index (χ1) is 12.4. The summed E-state index contributed by atoms with van der Waals surface area (Å²) in [6, 6.07) is 7.51. The van der Waals surface area contributed by atoms with Crippen molar-refractivity contribution in [1.29, 1.82) is 0 Å². The molecule has 26 heavy (non-hydrogen) atoms. The van der Waals surface area contributed by atoms with Gasteiger partial charge in [0.05, 0.1) is 6.20 Å². The van der Waals surface area contributed by atoms with E-state index in [9.17, 15) is 13.2 Å². The largest absolute Gasteiger partial charge is 0.573 e. The summed E-state index contributed by atoms with van der Waals surface area (Å²) >= 11 is 0. The minimum atomic E-state index is -4.71. The standard InChI is InChI=1S/C17H18F3N5O/c1-21-8-10-24(2)15-7-9-25-16(23-15)14(11-22-25)12-3-5-13(6-4-12)26-17(18,19)20/h3-7,9,11,21H,8,10H2,1-2H3. The number of hydrogen-bond acceptors (Lipinski definition) is 5. The number of nitrogens with one attached hydrogen (secondary N) is 1. The molecule has 138 valence electrons. The molecule has 3 aromatic rings. The van der Waals surface area contributed by atoms with Gasteiger partial charge in [0.15, 0.2) is 5.65 Å². The molecule has 0 aliphatic heterocycles. The van der Waals surface area contributed by atoms with E-state index in [1.165, 1.54) is 12.1 Å². The first-order valence-corrected chi connectivity index (χ1v) is 7.94. The van der Waals surface area contributed by atoms with Crippen LogP contribution in [0, 0.1) is 0 Å². The third-order valence-electron chi connectivity index (χ3n) is 3.84. The van der Waals surface area contributed by atoms with Crippen LogP contribution in [0.2, 0.25) is 0 Å². The number of nitrogens with zero attached hydrogens (tertiary/aromatic N) is 4. The Labute approximate surface area is 148 Å². The van der Waals surface area contributed by atoms with Crippen molar-refractivity contribution < 1.29 is 17.9 Å². The SMILES string of the molecule is CNCCN(C)c1ccn2ncc(-c3ccc(OC(F)(F)F)cc3)c2n1. The van der Waals surface area contributed by atoms with E-state index in [-0.39, 0.29) is 5.75 Å². The monoisotopic (exact) mass is 365 g/mol. The molecule has 2 heterocycles. The Morgan fingerprint density at radius 3 is 2.58 bits per heavy atom. The van der Waals surface area contributed by atoms with Gasteiger partial charge in [-0.2, -0.15) is 5.10 Å². The van der Waals surface area contributed by atoms with Crippen molar-refractivity contribution in [2.45, 2.75) is 6.36 Å². The average Bonchev–Trinajstić information content (AvgIpc) is 3.02. The van der Waals surface area contributed by atoms with Gasteiger partial charge in [0.2, 0.25) is 0 Å². The van der Waals surface area contributed by atoms with Gasteiger partial charge in [0.1, 0.15) is 11.6 Å². The van der Waals surface area contributed by atoms with Gasteiger partial charge < -0.3 is 15.0 Å². The van der Waals surface area contributed by atoms with Crippen molar-refractivity contribution in [3.05, 3.63) is 42.7 Å². The lowest BCUT2D eigenvalue weighted by Gasteiger charge is -2.17. The maximum absolute atomic E-state index is 12.3. The molecule has 0 spiro atoms. The smallest absolute Gasteiger partial charge is 0.406 e. The van der Waals surface area contributed by atoms with Crippen molar-refractivity contribution in [3.63, 3.8) is 0 Å². The second-order valence-corrected chi connectivity index (χ2v) is 5.71. The maximum atomic E-state index is 12.3. The number of fused-ring (bicyclic) bond motifs is 1. The predicted molar refractivity (Wildman–Crippen MR) is 92.3 cm³/mol. The van der Waals surface area contributed by atoms with Gasteiger partial charge in [-0.05, 0) is 30.8 Å². The highest BCUT2D eigenvalue weighted by molar-refractivity contribution is 5.78. The normalized spacial score (nSPS) is 11.7. The van der Waals surface area contributed by atoms with Crippen LogP contribution in [0.3, 0.4) is 0 Å². The summed E-state index contributed by atoms with van der Waals surface area (Å²) in [6.07, 6.45) is -1.27. The van der Waals surface area contributed by atoms with E-state index in [4.69, 9.17) is 0 Å². The Kier molecular flexibility index (Phi) is 4.99. The summed E-state index contributed by atoms with van der Waals surface area (Å²) in [7, 11) is 3.82. The summed E-state index contributed by atoms with van der Waals surface area (Å²) in [5, 5.41) is 7.33. The minimum absolute atomic E-state index is 0.266. The number of hydrogen-bond donors (Lipinski definition) is 1. The molecule has 0 unspecified atom stereocenters. The molecule has 1 aromatic carbocycles. The first kappa shape index (κ1) is 18.0. The van der Waals surface area contributed by atoms with Crippen LogP contribution in [0.15, 0.2) is 42.7 Å². The van der Waals surface area contributed by atoms with Crippen molar-refractivity contribution >= 4 is 11.5 Å². The highest BCUT2D eigenvalue weighted by Crippen LogP contribution is 2.28.